The number of hydrogen-bond donors (Lipinski definition) is 1. The van der Waals surface area contributed by atoms with Gasteiger partial charge in [0.25, 0.3) is 0 Å². The Morgan fingerprint density at radius 3 is 2.28 bits per heavy atom. The zero-order valence-electron chi connectivity index (χ0n) is 16.6. The van der Waals surface area contributed by atoms with Gasteiger partial charge < -0.3 is 14.6 Å². The standard InChI is InChI=1S/C23H25NO5/c1-23(2)24(15(13-29-23)11-12-21(25)26)22(27)28-14-20-18-9-5-3-7-16(18)17-8-4-6-10-19(17)20/h3-10,15,20H,11-14H2,1-2H3,(H,25,26)/t15-/m1/s1. The summed E-state index contributed by atoms with van der Waals surface area (Å²) in [6.45, 7) is 4.14. The fourth-order valence-corrected chi connectivity index (χ4v) is 4.42. The molecule has 1 fully saturated rings. The third-order valence-electron chi connectivity index (χ3n) is 5.80. The first kappa shape index (κ1) is 19.5. The zero-order chi connectivity index (χ0) is 20.6. The Hall–Kier alpha value is -2.86. The number of amides is 1. The highest BCUT2D eigenvalue weighted by molar-refractivity contribution is 5.79. The quantitative estimate of drug-likeness (QED) is 0.820. The van der Waals surface area contributed by atoms with Crippen molar-refractivity contribution in [3.05, 3.63) is 59.7 Å². The molecule has 0 bridgehead atoms. The molecule has 6 heteroatoms. The molecule has 1 N–H and O–H groups in total. The fraction of sp³-hybridized carbons (Fsp3) is 0.391. The van der Waals surface area contributed by atoms with Crippen LogP contribution >= 0.6 is 0 Å². The summed E-state index contributed by atoms with van der Waals surface area (Å²) in [5.74, 6) is -0.905. The van der Waals surface area contributed by atoms with Crippen molar-refractivity contribution in [2.45, 2.75) is 44.4 Å². The van der Waals surface area contributed by atoms with Gasteiger partial charge in [0, 0.05) is 12.3 Å². The van der Waals surface area contributed by atoms with Gasteiger partial charge in [-0.2, -0.15) is 0 Å². The van der Waals surface area contributed by atoms with Crippen molar-refractivity contribution in [1.29, 1.82) is 0 Å². The third kappa shape index (κ3) is 3.60. The Kier molecular flexibility index (Phi) is 5.04. The Labute approximate surface area is 170 Å². The number of carboxylic acid groups (broad SMARTS) is 1. The van der Waals surface area contributed by atoms with Gasteiger partial charge >= 0.3 is 12.1 Å². The molecule has 1 atom stereocenters. The number of ether oxygens (including phenoxy) is 2. The topological polar surface area (TPSA) is 76.1 Å². The van der Waals surface area contributed by atoms with Crippen LogP contribution in [0.15, 0.2) is 48.5 Å². The van der Waals surface area contributed by atoms with E-state index in [-0.39, 0.29) is 25.0 Å². The highest BCUT2D eigenvalue weighted by Gasteiger charge is 2.45. The zero-order valence-corrected chi connectivity index (χ0v) is 16.6. The summed E-state index contributed by atoms with van der Waals surface area (Å²) in [6, 6.07) is 16.1. The van der Waals surface area contributed by atoms with E-state index in [4.69, 9.17) is 14.6 Å². The Morgan fingerprint density at radius 2 is 1.69 bits per heavy atom. The molecule has 1 heterocycles. The van der Waals surface area contributed by atoms with Gasteiger partial charge in [0.1, 0.15) is 12.3 Å². The van der Waals surface area contributed by atoms with Gasteiger partial charge in [0.15, 0.2) is 0 Å². The molecule has 1 amide bonds. The van der Waals surface area contributed by atoms with Crippen molar-refractivity contribution in [1.82, 2.24) is 4.90 Å². The molecule has 2 aliphatic rings. The van der Waals surface area contributed by atoms with Crippen molar-refractivity contribution < 1.29 is 24.2 Å². The van der Waals surface area contributed by atoms with Crippen LogP contribution in [0.3, 0.4) is 0 Å². The van der Waals surface area contributed by atoms with E-state index in [1.165, 1.54) is 11.1 Å². The minimum absolute atomic E-state index is 0.0166. The summed E-state index contributed by atoms with van der Waals surface area (Å²) in [5, 5.41) is 8.99. The van der Waals surface area contributed by atoms with Gasteiger partial charge in [-0.05, 0) is 42.5 Å². The third-order valence-corrected chi connectivity index (χ3v) is 5.80. The summed E-state index contributed by atoms with van der Waals surface area (Å²) in [6.07, 6.45) is -0.148. The van der Waals surface area contributed by atoms with Crippen LogP contribution in [0, 0.1) is 0 Å². The van der Waals surface area contributed by atoms with Crippen LogP contribution in [0.25, 0.3) is 11.1 Å². The van der Waals surface area contributed by atoms with Gasteiger partial charge in [0.05, 0.1) is 12.6 Å². The number of carbonyl (C=O) groups is 2. The van der Waals surface area contributed by atoms with Crippen LogP contribution < -0.4 is 0 Å². The first-order valence-corrected chi connectivity index (χ1v) is 9.88. The number of carbonyl (C=O) groups excluding carboxylic acids is 1. The second kappa shape index (κ2) is 7.52. The highest BCUT2D eigenvalue weighted by Crippen LogP contribution is 2.44. The van der Waals surface area contributed by atoms with Gasteiger partial charge in [0.2, 0.25) is 0 Å². The number of nitrogens with zero attached hydrogens (tertiary/aromatic N) is 1. The molecule has 2 aromatic rings. The maximum Gasteiger partial charge on any atom is 0.412 e. The summed E-state index contributed by atoms with van der Waals surface area (Å²) in [4.78, 5) is 25.5. The van der Waals surface area contributed by atoms with Crippen molar-refractivity contribution in [3.63, 3.8) is 0 Å². The minimum Gasteiger partial charge on any atom is -0.481 e. The molecule has 0 unspecified atom stereocenters. The molecule has 1 saturated heterocycles. The molecule has 1 aliphatic carbocycles. The van der Waals surface area contributed by atoms with Crippen LogP contribution in [0.1, 0.15) is 43.7 Å². The molecule has 4 rings (SSSR count). The van der Waals surface area contributed by atoms with Crippen molar-refractivity contribution in [2.24, 2.45) is 0 Å². The van der Waals surface area contributed by atoms with Gasteiger partial charge in [-0.15, -0.1) is 0 Å². The molecule has 0 saturated carbocycles. The van der Waals surface area contributed by atoms with Crippen LogP contribution in [-0.2, 0) is 14.3 Å². The SMILES string of the molecule is CC1(C)OC[C@@H](CCC(=O)O)N1C(=O)OCC1c2ccccc2-c2ccccc21. The number of rotatable bonds is 5. The molecule has 152 valence electrons. The lowest BCUT2D eigenvalue weighted by molar-refractivity contribution is -0.137. The van der Waals surface area contributed by atoms with E-state index in [1.54, 1.807) is 18.7 Å². The molecular weight excluding hydrogens is 370 g/mol. The lowest BCUT2D eigenvalue weighted by atomic mass is 9.98. The largest absolute Gasteiger partial charge is 0.481 e. The van der Waals surface area contributed by atoms with Gasteiger partial charge in [-0.1, -0.05) is 48.5 Å². The summed E-state index contributed by atoms with van der Waals surface area (Å²) in [5.41, 5.74) is 3.83. The van der Waals surface area contributed by atoms with Gasteiger partial charge in [-0.25, -0.2) is 4.79 Å². The molecule has 1 aliphatic heterocycles. The van der Waals surface area contributed by atoms with E-state index in [9.17, 15) is 9.59 Å². The molecular formula is C23H25NO5. The lowest BCUT2D eigenvalue weighted by Crippen LogP contribution is -2.48. The number of fused-ring (bicyclic) bond motifs is 3. The van der Waals surface area contributed by atoms with Gasteiger partial charge in [-0.3, -0.25) is 9.69 Å². The van der Waals surface area contributed by atoms with Crippen LogP contribution in [-0.4, -0.2) is 47.0 Å². The van der Waals surface area contributed by atoms with E-state index >= 15 is 0 Å². The summed E-state index contributed by atoms with van der Waals surface area (Å²) < 4.78 is 11.5. The smallest absolute Gasteiger partial charge is 0.412 e. The lowest BCUT2D eigenvalue weighted by Gasteiger charge is -2.33. The normalized spacial score (nSPS) is 19.7. The van der Waals surface area contributed by atoms with Crippen LogP contribution in [0.2, 0.25) is 0 Å². The van der Waals surface area contributed by atoms with E-state index < -0.39 is 17.8 Å². The van der Waals surface area contributed by atoms with Crippen molar-refractivity contribution in [3.8, 4) is 11.1 Å². The van der Waals surface area contributed by atoms with E-state index in [1.807, 2.05) is 24.3 Å². The Balaban J connectivity index is 1.51. The second-order valence-corrected chi connectivity index (χ2v) is 8.02. The molecule has 0 radical (unpaired) electrons. The maximum absolute atomic E-state index is 13.0. The maximum atomic E-state index is 13.0. The molecule has 0 aromatic heterocycles. The van der Waals surface area contributed by atoms with Crippen LogP contribution in [0.5, 0.6) is 0 Å². The van der Waals surface area contributed by atoms with E-state index in [2.05, 4.69) is 24.3 Å². The molecule has 6 nitrogen and oxygen atoms in total. The number of benzene rings is 2. The van der Waals surface area contributed by atoms with Crippen molar-refractivity contribution in [2.75, 3.05) is 13.2 Å². The predicted octanol–water partition coefficient (Wildman–Crippen LogP) is 4.24. The minimum atomic E-state index is -0.887. The first-order chi connectivity index (χ1) is 13.9. The number of aliphatic carboxylic acids is 1. The number of hydrogen-bond acceptors (Lipinski definition) is 4. The van der Waals surface area contributed by atoms with E-state index in [0.717, 1.165) is 11.1 Å². The summed E-state index contributed by atoms with van der Waals surface area (Å²) in [7, 11) is 0. The molecule has 2 aromatic carbocycles. The Bertz CT molecular complexity index is 893. The van der Waals surface area contributed by atoms with E-state index in [0.29, 0.717) is 13.0 Å². The average molecular weight is 395 g/mol. The monoisotopic (exact) mass is 395 g/mol. The van der Waals surface area contributed by atoms with Crippen molar-refractivity contribution >= 4 is 12.1 Å². The second-order valence-electron chi connectivity index (χ2n) is 8.02. The predicted molar refractivity (Wildman–Crippen MR) is 108 cm³/mol. The highest BCUT2D eigenvalue weighted by atomic mass is 16.6. The molecule has 0 spiro atoms. The number of carboxylic acids is 1. The van der Waals surface area contributed by atoms with Crippen LogP contribution in [0.4, 0.5) is 4.79 Å². The summed E-state index contributed by atoms with van der Waals surface area (Å²) >= 11 is 0. The average Bonchev–Trinajstić information content (AvgIpc) is 3.18. The molecule has 29 heavy (non-hydrogen) atoms. The first-order valence-electron chi connectivity index (χ1n) is 9.88. The Morgan fingerprint density at radius 1 is 1.10 bits per heavy atom. The fourth-order valence-electron chi connectivity index (χ4n) is 4.42.